The third-order valence-corrected chi connectivity index (χ3v) is 3.98. The Balaban J connectivity index is 1.92. The van der Waals surface area contributed by atoms with Gasteiger partial charge in [0.05, 0.1) is 11.6 Å². The average molecular weight is 268 g/mol. The lowest BCUT2D eigenvalue weighted by Crippen LogP contribution is -2.15. The first kappa shape index (κ1) is 13.7. The molecule has 2 N–H and O–H groups in total. The van der Waals surface area contributed by atoms with Crippen LogP contribution in [-0.2, 0) is 0 Å². The zero-order valence-electron chi connectivity index (χ0n) is 11.0. The Bertz CT molecular complexity index is 386. The summed E-state index contributed by atoms with van der Waals surface area (Å²) < 4.78 is 5.84. The molecule has 0 radical (unpaired) electrons. The van der Waals surface area contributed by atoms with Crippen LogP contribution >= 0.6 is 11.6 Å². The first-order chi connectivity index (χ1) is 8.66. The van der Waals surface area contributed by atoms with E-state index in [0.29, 0.717) is 10.9 Å². The van der Waals surface area contributed by atoms with Gasteiger partial charge in [-0.1, -0.05) is 36.9 Å². The van der Waals surface area contributed by atoms with E-state index < -0.39 is 0 Å². The fourth-order valence-corrected chi connectivity index (χ4v) is 2.72. The third-order valence-electron chi connectivity index (χ3n) is 3.68. The van der Waals surface area contributed by atoms with E-state index in [4.69, 9.17) is 22.1 Å². The van der Waals surface area contributed by atoms with Crippen LogP contribution in [0.2, 0.25) is 5.02 Å². The van der Waals surface area contributed by atoms with Gasteiger partial charge in [-0.05, 0) is 43.4 Å². The normalized spacial score (nSPS) is 18.6. The van der Waals surface area contributed by atoms with Crippen LogP contribution in [0.1, 0.15) is 50.6 Å². The number of hydrogen-bond acceptors (Lipinski definition) is 2. The maximum Gasteiger partial charge on any atom is 0.137 e. The second-order valence-corrected chi connectivity index (χ2v) is 5.70. The molecule has 0 saturated heterocycles. The SMILES string of the molecule is C[C@@H](N)c1ccc(OCC2CCCCC2)c(Cl)c1. The average Bonchev–Trinajstić information content (AvgIpc) is 2.38. The van der Waals surface area contributed by atoms with Gasteiger partial charge in [-0.25, -0.2) is 0 Å². The van der Waals surface area contributed by atoms with Gasteiger partial charge >= 0.3 is 0 Å². The van der Waals surface area contributed by atoms with Gasteiger partial charge in [0.1, 0.15) is 5.75 Å². The summed E-state index contributed by atoms with van der Waals surface area (Å²) in [6, 6.07) is 5.84. The molecule has 1 aromatic rings. The van der Waals surface area contributed by atoms with Gasteiger partial charge in [-0.15, -0.1) is 0 Å². The molecule has 2 nitrogen and oxygen atoms in total. The Kier molecular flexibility index (Phi) is 4.90. The molecule has 1 saturated carbocycles. The molecule has 2 rings (SSSR count). The van der Waals surface area contributed by atoms with Crippen molar-refractivity contribution in [2.24, 2.45) is 11.7 Å². The van der Waals surface area contributed by atoms with Crippen molar-refractivity contribution in [3.63, 3.8) is 0 Å². The Labute approximate surface area is 114 Å². The zero-order valence-corrected chi connectivity index (χ0v) is 11.7. The van der Waals surface area contributed by atoms with Crippen LogP contribution in [0, 0.1) is 5.92 Å². The minimum atomic E-state index is 0.00916. The van der Waals surface area contributed by atoms with Crippen molar-refractivity contribution < 1.29 is 4.74 Å². The van der Waals surface area contributed by atoms with Crippen LogP contribution in [0.5, 0.6) is 5.75 Å². The fourth-order valence-electron chi connectivity index (χ4n) is 2.48. The molecular formula is C15H22ClNO. The highest BCUT2D eigenvalue weighted by molar-refractivity contribution is 6.32. The lowest BCUT2D eigenvalue weighted by atomic mass is 9.90. The van der Waals surface area contributed by atoms with Crippen molar-refractivity contribution in [1.82, 2.24) is 0 Å². The molecule has 1 aliphatic rings. The standard InChI is InChI=1S/C15H22ClNO/c1-11(17)13-7-8-15(14(16)9-13)18-10-12-5-3-2-4-6-12/h7-9,11-12H,2-6,10,17H2,1H3/t11-/m1/s1. The van der Waals surface area contributed by atoms with Gasteiger partial charge in [0.25, 0.3) is 0 Å². The smallest absolute Gasteiger partial charge is 0.137 e. The molecule has 3 heteroatoms. The maximum absolute atomic E-state index is 6.21. The van der Waals surface area contributed by atoms with Gasteiger partial charge in [0.2, 0.25) is 0 Å². The van der Waals surface area contributed by atoms with Crippen molar-refractivity contribution in [2.75, 3.05) is 6.61 Å². The second-order valence-electron chi connectivity index (χ2n) is 5.29. The van der Waals surface area contributed by atoms with Gasteiger partial charge < -0.3 is 10.5 Å². The van der Waals surface area contributed by atoms with Gasteiger partial charge in [-0.3, -0.25) is 0 Å². The molecule has 1 atom stereocenters. The lowest BCUT2D eigenvalue weighted by molar-refractivity contribution is 0.209. The molecule has 0 unspecified atom stereocenters. The zero-order chi connectivity index (χ0) is 13.0. The molecule has 1 fully saturated rings. The van der Waals surface area contributed by atoms with Crippen molar-refractivity contribution in [2.45, 2.75) is 45.1 Å². The largest absolute Gasteiger partial charge is 0.492 e. The summed E-state index contributed by atoms with van der Waals surface area (Å²) in [4.78, 5) is 0. The predicted molar refractivity (Wildman–Crippen MR) is 76.1 cm³/mol. The highest BCUT2D eigenvalue weighted by Gasteiger charge is 2.15. The highest BCUT2D eigenvalue weighted by Crippen LogP contribution is 2.29. The minimum Gasteiger partial charge on any atom is -0.492 e. The molecule has 0 spiro atoms. The van der Waals surface area contributed by atoms with Crippen LogP contribution in [0.15, 0.2) is 18.2 Å². The molecule has 100 valence electrons. The second kappa shape index (κ2) is 6.44. The number of benzene rings is 1. The van der Waals surface area contributed by atoms with Gasteiger partial charge in [0, 0.05) is 6.04 Å². The Morgan fingerprint density at radius 2 is 2.06 bits per heavy atom. The van der Waals surface area contributed by atoms with Gasteiger partial charge in [-0.2, -0.15) is 0 Å². The molecule has 18 heavy (non-hydrogen) atoms. The van der Waals surface area contributed by atoms with Crippen LogP contribution in [0.3, 0.4) is 0 Å². The Morgan fingerprint density at radius 3 is 2.67 bits per heavy atom. The Hall–Kier alpha value is -0.730. The molecule has 1 aliphatic carbocycles. The molecule has 0 amide bonds. The van der Waals surface area contributed by atoms with Crippen molar-refractivity contribution >= 4 is 11.6 Å². The fraction of sp³-hybridized carbons (Fsp3) is 0.600. The molecular weight excluding hydrogens is 246 g/mol. The summed E-state index contributed by atoms with van der Waals surface area (Å²) in [6.45, 7) is 2.74. The van der Waals surface area contributed by atoms with E-state index in [2.05, 4.69) is 0 Å². The monoisotopic (exact) mass is 267 g/mol. The number of hydrogen-bond donors (Lipinski definition) is 1. The van der Waals surface area contributed by atoms with E-state index in [0.717, 1.165) is 17.9 Å². The van der Waals surface area contributed by atoms with E-state index in [9.17, 15) is 0 Å². The maximum atomic E-state index is 6.21. The molecule has 1 aromatic carbocycles. The minimum absolute atomic E-state index is 0.00916. The van der Waals surface area contributed by atoms with E-state index in [1.54, 1.807) is 0 Å². The van der Waals surface area contributed by atoms with Crippen molar-refractivity contribution in [1.29, 1.82) is 0 Å². The number of nitrogens with two attached hydrogens (primary N) is 1. The van der Waals surface area contributed by atoms with E-state index >= 15 is 0 Å². The molecule has 0 aliphatic heterocycles. The molecule has 0 bridgehead atoms. The summed E-state index contributed by atoms with van der Waals surface area (Å²) in [5.41, 5.74) is 6.87. The van der Waals surface area contributed by atoms with Crippen LogP contribution < -0.4 is 10.5 Å². The molecule has 0 heterocycles. The van der Waals surface area contributed by atoms with Crippen LogP contribution in [0.4, 0.5) is 0 Å². The summed E-state index contributed by atoms with van der Waals surface area (Å²) in [7, 11) is 0. The third kappa shape index (κ3) is 3.63. The summed E-state index contributed by atoms with van der Waals surface area (Å²) in [6.07, 6.45) is 6.63. The topological polar surface area (TPSA) is 35.2 Å². The number of ether oxygens (including phenoxy) is 1. The molecule has 0 aromatic heterocycles. The van der Waals surface area contributed by atoms with E-state index in [1.807, 2.05) is 25.1 Å². The van der Waals surface area contributed by atoms with Crippen LogP contribution in [0.25, 0.3) is 0 Å². The summed E-state index contributed by atoms with van der Waals surface area (Å²) >= 11 is 6.21. The van der Waals surface area contributed by atoms with Crippen LogP contribution in [-0.4, -0.2) is 6.61 Å². The van der Waals surface area contributed by atoms with Gasteiger partial charge in [0.15, 0.2) is 0 Å². The van der Waals surface area contributed by atoms with E-state index in [-0.39, 0.29) is 6.04 Å². The Morgan fingerprint density at radius 1 is 1.33 bits per heavy atom. The summed E-state index contributed by atoms with van der Waals surface area (Å²) in [5.74, 6) is 1.48. The first-order valence-corrected chi connectivity index (χ1v) is 7.22. The first-order valence-electron chi connectivity index (χ1n) is 6.84. The van der Waals surface area contributed by atoms with Crippen molar-refractivity contribution in [3.8, 4) is 5.75 Å². The number of halogens is 1. The highest BCUT2D eigenvalue weighted by atomic mass is 35.5. The van der Waals surface area contributed by atoms with E-state index in [1.165, 1.54) is 32.1 Å². The summed E-state index contributed by atoms with van der Waals surface area (Å²) in [5, 5.41) is 0.667. The quantitative estimate of drug-likeness (QED) is 0.882. The van der Waals surface area contributed by atoms with Crippen molar-refractivity contribution in [3.05, 3.63) is 28.8 Å². The lowest BCUT2D eigenvalue weighted by Gasteiger charge is -2.22. The number of rotatable bonds is 4. The predicted octanol–water partition coefficient (Wildman–Crippen LogP) is 4.32.